The maximum Gasteiger partial charge on any atom is 0.182 e. The highest BCUT2D eigenvalue weighted by atomic mass is 35.5. The van der Waals surface area contributed by atoms with Crippen LogP contribution in [-0.4, -0.2) is 22.7 Å². The Hall–Kier alpha value is -1.81. The summed E-state index contributed by atoms with van der Waals surface area (Å²) in [6, 6.07) is 7.71. The van der Waals surface area contributed by atoms with Gasteiger partial charge in [-0.15, -0.1) is 0 Å². The highest BCUT2D eigenvalue weighted by Crippen LogP contribution is 2.19. The van der Waals surface area contributed by atoms with Crippen molar-refractivity contribution in [2.45, 2.75) is 26.3 Å². The number of ketones is 1. The lowest BCUT2D eigenvalue weighted by Gasteiger charge is -2.06. The molecule has 1 aromatic heterocycles. The van der Waals surface area contributed by atoms with Crippen molar-refractivity contribution in [2.75, 3.05) is 7.11 Å². The van der Waals surface area contributed by atoms with E-state index in [2.05, 4.69) is 5.10 Å². The molecule has 0 aliphatic rings. The van der Waals surface area contributed by atoms with Crippen molar-refractivity contribution in [1.82, 2.24) is 9.78 Å². The molecule has 0 aliphatic heterocycles. The Bertz CT molecular complexity index is 590. The summed E-state index contributed by atoms with van der Waals surface area (Å²) in [5.74, 6) is 0.831. The van der Waals surface area contributed by atoms with Gasteiger partial charge in [-0.05, 0) is 31.0 Å². The van der Waals surface area contributed by atoms with E-state index in [0.717, 1.165) is 11.3 Å². The van der Waals surface area contributed by atoms with Crippen LogP contribution < -0.4 is 4.74 Å². The summed E-state index contributed by atoms with van der Waals surface area (Å²) in [6.07, 6.45) is 2.61. The molecule has 0 bridgehead atoms. The summed E-state index contributed by atoms with van der Waals surface area (Å²) in [5, 5.41) is 4.50. The number of aryl methyl sites for hydroxylation is 2. The zero-order valence-corrected chi connectivity index (χ0v) is 12.4. The van der Waals surface area contributed by atoms with E-state index >= 15 is 0 Å². The molecule has 0 atom stereocenters. The molecule has 0 N–H and O–H groups in total. The summed E-state index contributed by atoms with van der Waals surface area (Å²) in [4.78, 5) is 12.2. The zero-order chi connectivity index (χ0) is 14.5. The van der Waals surface area contributed by atoms with Crippen LogP contribution in [0.25, 0.3) is 0 Å². The first-order chi connectivity index (χ1) is 9.65. The lowest BCUT2D eigenvalue weighted by Crippen LogP contribution is -2.10. The summed E-state index contributed by atoms with van der Waals surface area (Å²) >= 11 is 6.02. The van der Waals surface area contributed by atoms with Gasteiger partial charge in [0.05, 0.1) is 18.3 Å². The fourth-order valence-electron chi connectivity index (χ4n) is 2.05. The second-order valence-electron chi connectivity index (χ2n) is 4.43. The van der Waals surface area contributed by atoms with Crippen LogP contribution in [0, 0.1) is 0 Å². The molecule has 2 aromatic rings. The smallest absolute Gasteiger partial charge is 0.182 e. The predicted molar refractivity (Wildman–Crippen MR) is 78.6 cm³/mol. The van der Waals surface area contributed by atoms with Crippen molar-refractivity contribution in [2.24, 2.45) is 0 Å². The van der Waals surface area contributed by atoms with Crippen LogP contribution in [0.1, 0.15) is 29.4 Å². The number of Topliss-reactive ketones (excluding diaryl/α,β-unsaturated/α-hetero) is 1. The number of benzene rings is 1. The van der Waals surface area contributed by atoms with Crippen LogP contribution in [0.3, 0.4) is 0 Å². The molecule has 0 aliphatic carbocycles. The standard InChI is InChI=1S/C15H17ClN2O2/c1-3-18-15(13(16)10-17-18)14(19)9-6-11-4-7-12(20-2)8-5-11/h4-5,7-8,10H,3,6,9H2,1-2H3. The number of halogens is 1. The van der Waals surface area contributed by atoms with Crippen LogP contribution in [0.2, 0.25) is 5.02 Å². The Morgan fingerprint density at radius 1 is 1.35 bits per heavy atom. The highest BCUT2D eigenvalue weighted by molar-refractivity contribution is 6.33. The predicted octanol–water partition coefficient (Wildman–Crippen LogP) is 3.38. The normalized spacial score (nSPS) is 10.6. The number of ether oxygens (including phenoxy) is 1. The largest absolute Gasteiger partial charge is 0.497 e. The number of methoxy groups -OCH3 is 1. The van der Waals surface area contributed by atoms with Gasteiger partial charge in [-0.3, -0.25) is 9.48 Å². The van der Waals surface area contributed by atoms with E-state index < -0.39 is 0 Å². The van der Waals surface area contributed by atoms with E-state index in [-0.39, 0.29) is 5.78 Å². The molecule has 0 saturated heterocycles. The van der Waals surface area contributed by atoms with Crippen molar-refractivity contribution < 1.29 is 9.53 Å². The molecule has 4 nitrogen and oxygen atoms in total. The number of aromatic nitrogens is 2. The maximum absolute atomic E-state index is 12.2. The molecule has 1 aromatic carbocycles. The zero-order valence-electron chi connectivity index (χ0n) is 11.6. The molecule has 0 radical (unpaired) electrons. The first-order valence-corrected chi connectivity index (χ1v) is 6.91. The van der Waals surface area contributed by atoms with Crippen molar-refractivity contribution in [1.29, 1.82) is 0 Å². The SMILES string of the molecule is CCn1ncc(Cl)c1C(=O)CCc1ccc(OC)cc1. The van der Waals surface area contributed by atoms with Gasteiger partial charge in [0.25, 0.3) is 0 Å². The molecule has 106 valence electrons. The van der Waals surface area contributed by atoms with Crippen molar-refractivity contribution in [3.63, 3.8) is 0 Å². The van der Waals surface area contributed by atoms with Gasteiger partial charge < -0.3 is 4.74 Å². The lowest BCUT2D eigenvalue weighted by molar-refractivity contribution is 0.0972. The third kappa shape index (κ3) is 3.20. The van der Waals surface area contributed by atoms with Gasteiger partial charge in [0, 0.05) is 13.0 Å². The molecule has 2 rings (SSSR count). The van der Waals surface area contributed by atoms with Gasteiger partial charge in [-0.25, -0.2) is 0 Å². The summed E-state index contributed by atoms with van der Waals surface area (Å²) in [6.45, 7) is 2.57. The van der Waals surface area contributed by atoms with E-state index in [1.54, 1.807) is 11.8 Å². The molecule has 1 heterocycles. The van der Waals surface area contributed by atoms with Crippen LogP contribution in [0.15, 0.2) is 30.5 Å². The summed E-state index contributed by atoms with van der Waals surface area (Å²) in [7, 11) is 1.63. The first kappa shape index (κ1) is 14.6. The fraction of sp³-hybridized carbons (Fsp3) is 0.333. The van der Waals surface area contributed by atoms with E-state index in [1.807, 2.05) is 31.2 Å². The molecule has 0 spiro atoms. The van der Waals surface area contributed by atoms with Gasteiger partial charge in [0.2, 0.25) is 0 Å². The number of nitrogens with zero attached hydrogens (tertiary/aromatic N) is 2. The van der Waals surface area contributed by atoms with Crippen LogP contribution in [-0.2, 0) is 13.0 Å². The van der Waals surface area contributed by atoms with Crippen LogP contribution in [0.5, 0.6) is 5.75 Å². The summed E-state index contributed by atoms with van der Waals surface area (Å²) < 4.78 is 6.74. The summed E-state index contributed by atoms with van der Waals surface area (Å²) in [5.41, 5.74) is 1.60. The van der Waals surface area contributed by atoms with Crippen LogP contribution in [0.4, 0.5) is 0 Å². The number of hydrogen-bond acceptors (Lipinski definition) is 3. The number of hydrogen-bond donors (Lipinski definition) is 0. The first-order valence-electron chi connectivity index (χ1n) is 6.53. The third-order valence-electron chi connectivity index (χ3n) is 3.16. The van der Waals surface area contributed by atoms with E-state index in [1.165, 1.54) is 6.20 Å². The Kier molecular flexibility index (Phi) is 4.79. The van der Waals surface area contributed by atoms with Gasteiger partial charge in [-0.2, -0.15) is 5.10 Å². The molecule has 0 fully saturated rings. The Labute approximate surface area is 123 Å². The van der Waals surface area contributed by atoms with Crippen molar-refractivity contribution in [3.8, 4) is 5.75 Å². The average Bonchev–Trinajstić information content (AvgIpc) is 2.86. The fourth-order valence-corrected chi connectivity index (χ4v) is 2.29. The maximum atomic E-state index is 12.2. The third-order valence-corrected chi connectivity index (χ3v) is 3.43. The quantitative estimate of drug-likeness (QED) is 0.767. The minimum Gasteiger partial charge on any atom is -0.497 e. The molecule has 0 saturated carbocycles. The molecule has 0 amide bonds. The number of rotatable bonds is 6. The number of carbonyl (C=O) groups excluding carboxylic acids is 1. The number of carbonyl (C=O) groups is 1. The van der Waals surface area contributed by atoms with Gasteiger partial charge in [-0.1, -0.05) is 23.7 Å². The molecule has 20 heavy (non-hydrogen) atoms. The monoisotopic (exact) mass is 292 g/mol. The van der Waals surface area contributed by atoms with Gasteiger partial charge in [0.1, 0.15) is 11.4 Å². The van der Waals surface area contributed by atoms with Crippen LogP contribution >= 0.6 is 11.6 Å². The van der Waals surface area contributed by atoms with Crippen molar-refractivity contribution >= 4 is 17.4 Å². The Balaban J connectivity index is 2.02. The van der Waals surface area contributed by atoms with E-state index in [0.29, 0.717) is 30.1 Å². The topological polar surface area (TPSA) is 44.1 Å². The minimum absolute atomic E-state index is 0.0187. The van der Waals surface area contributed by atoms with Gasteiger partial charge in [0.15, 0.2) is 5.78 Å². The molecule has 5 heteroatoms. The lowest BCUT2D eigenvalue weighted by atomic mass is 10.1. The minimum atomic E-state index is 0.0187. The second-order valence-corrected chi connectivity index (χ2v) is 4.84. The Morgan fingerprint density at radius 2 is 2.05 bits per heavy atom. The average molecular weight is 293 g/mol. The van der Waals surface area contributed by atoms with E-state index in [4.69, 9.17) is 16.3 Å². The highest BCUT2D eigenvalue weighted by Gasteiger charge is 2.16. The molecular formula is C15H17ClN2O2. The second kappa shape index (κ2) is 6.57. The molecular weight excluding hydrogens is 276 g/mol. The Morgan fingerprint density at radius 3 is 2.65 bits per heavy atom. The van der Waals surface area contributed by atoms with Crippen molar-refractivity contribution in [3.05, 3.63) is 46.7 Å². The van der Waals surface area contributed by atoms with E-state index in [9.17, 15) is 4.79 Å². The molecule has 0 unspecified atom stereocenters. The van der Waals surface area contributed by atoms with Gasteiger partial charge >= 0.3 is 0 Å².